The molecule has 0 aromatic rings. The predicted octanol–water partition coefficient (Wildman–Crippen LogP) is 14.8. The summed E-state index contributed by atoms with van der Waals surface area (Å²) in [5, 5.41) is 13.8. The van der Waals surface area contributed by atoms with E-state index in [4.69, 9.17) is 9.05 Å². The highest BCUT2D eigenvalue weighted by atomic mass is 31.2. The number of hydrogen-bond donors (Lipinski definition) is 2. The number of carbonyl (C=O) groups is 1. The van der Waals surface area contributed by atoms with Gasteiger partial charge in [0.25, 0.3) is 7.82 Å². The molecule has 0 aliphatic rings. The Morgan fingerprint density at radius 1 is 0.554 bits per heavy atom. The predicted molar refractivity (Wildman–Crippen MR) is 279 cm³/mol. The van der Waals surface area contributed by atoms with Gasteiger partial charge in [0.15, 0.2) is 0 Å². The van der Waals surface area contributed by atoms with Crippen LogP contribution in [0.4, 0.5) is 0 Å². The molecule has 0 spiro atoms. The van der Waals surface area contributed by atoms with Gasteiger partial charge in [0.05, 0.1) is 39.9 Å². The van der Waals surface area contributed by atoms with Gasteiger partial charge in [-0.1, -0.05) is 201 Å². The van der Waals surface area contributed by atoms with E-state index in [2.05, 4.69) is 104 Å². The van der Waals surface area contributed by atoms with E-state index in [-0.39, 0.29) is 12.5 Å². The summed E-state index contributed by atoms with van der Waals surface area (Å²) in [6.07, 6.45) is 66.1. The second-order valence-corrected chi connectivity index (χ2v) is 19.9. The third-order valence-corrected chi connectivity index (χ3v) is 12.0. The monoisotopic (exact) mass is 927 g/mol. The van der Waals surface area contributed by atoms with Crippen molar-refractivity contribution < 1.29 is 32.9 Å². The average molecular weight is 927 g/mol. The number of aliphatic hydroxyl groups excluding tert-OH is 1. The van der Waals surface area contributed by atoms with E-state index in [1.54, 1.807) is 6.08 Å². The fraction of sp³-hybridized carbons (Fsp3) is 0.696. The van der Waals surface area contributed by atoms with Gasteiger partial charge in [-0.15, -0.1) is 0 Å². The van der Waals surface area contributed by atoms with E-state index in [0.29, 0.717) is 17.4 Å². The van der Waals surface area contributed by atoms with E-state index in [0.717, 1.165) is 89.9 Å². The molecule has 0 fully saturated rings. The van der Waals surface area contributed by atoms with Gasteiger partial charge in [0.1, 0.15) is 13.2 Å². The lowest BCUT2D eigenvalue weighted by atomic mass is 10.1. The maximum atomic E-state index is 12.9. The smallest absolute Gasteiger partial charge is 0.268 e. The van der Waals surface area contributed by atoms with Gasteiger partial charge in [-0.05, 0) is 89.9 Å². The minimum absolute atomic E-state index is 0.0152. The molecule has 0 radical (unpaired) electrons. The van der Waals surface area contributed by atoms with E-state index >= 15 is 0 Å². The lowest BCUT2D eigenvalue weighted by molar-refractivity contribution is -0.870. The number of phosphoric acid groups is 1. The SMILES string of the molecule is CC/C=C\C/C=C\C/C=C\C/C=C\C/C=C\CCCCCCCCCCCC(=O)NC(COP(=O)([O-])OCC[N+](C)(C)C)C(O)/C=C/CC/C=C/CC/C=C/CCCCCCCCCC. The Morgan fingerprint density at radius 3 is 1.43 bits per heavy atom. The summed E-state index contributed by atoms with van der Waals surface area (Å²) in [5.41, 5.74) is 0. The van der Waals surface area contributed by atoms with Crippen molar-refractivity contribution in [1.82, 2.24) is 5.32 Å². The van der Waals surface area contributed by atoms with Crippen molar-refractivity contribution in [2.45, 2.75) is 212 Å². The number of hydrogen-bond acceptors (Lipinski definition) is 6. The maximum Gasteiger partial charge on any atom is 0.268 e. The van der Waals surface area contributed by atoms with Crippen LogP contribution in [0.15, 0.2) is 97.2 Å². The zero-order valence-electron chi connectivity index (χ0n) is 42.4. The van der Waals surface area contributed by atoms with E-state index in [1.165, 1.54) is 89.9 Å². The molecule has 1 amide bonds. The Kier molecular flexibility index (Phi) is 44.7. The minimum atomic E-state index is -4.61. The van der Waals surface area contributed by atoms with Gasteiger partial charge in [-0.25, -0.2) is 0 Å². The number of nitrogens with one attached hydrogen (secondary N) is 1. The van der Waals surface area contributed by atoms with Gasteiger partial charge >= 0.3 is 0 Å². The average Bonchev–Trinajstić information content (AvgIpc) is 3.26. The number of phosphoric ester groups is 1. The molecule has 0 aliphatic heterocycles. The van der Waals surface area contributed by atoms with Crippen LogP contribution in [0.2, 0.25) is 0 Å². The first-order valence-electron chi connectivity index (χ1n) is 26.1. The van der Waals surface area contributed by atoms with Crippen LogP contribution >= 0.6 is 7.82 Å². The molecule has 374 valence electrons. The summed E-state index contributed by atoms with van der Waals surface area (Å²) < 4.78 is 23.3. The summed E-state index contributed by atoms with van der Waals surface area (Å²) >= 11 is 0. The summed E-state index contributed by atoms with van der Waals surface area (Å²) in [4.78, 5) is 25.4. The van der Waals surface area contributed by atoms with Crippen molar-refractivity contribution in [2.75, 3.05) is 40.9 Å². The summed E-state index contributed by atoms with van der Waals surface area (Å²) in [7, 11) is 1.22. The molecule has 2 N–H and O–H groups in total. The number of likely N-dealkylation sites (N-methyl/N-ethyl adjacent to an activating group) is 1. The van der Waals surface area contributed by atoms with Crippen molar-refractivity contribution in [2.24, 2.45) is 0 Å². The normalized spacial score (nSPS) is 14.9. The second-order valence-electron chi connectivity index (χ2n) is 18.5. The number of allylic oxidation sites excluding steroid dienone is 15. The minimum Gasteiger partial charge on any atom is -0.756 e. The maximum absolute atomic E-state index is 12.9. The highest BCUT2D eigenvalue weighted by Gasteiger charge is 2.23. The van der Waals surface area contributed by atoms with Crippen LogP contribution < -0.4 is 10.2 Å². The third kappa shape index (κ3) is 49.2. The fourth-order valence-corrected chi connectivity index (χ4v) is 7.64. The highest BCUT2D eigenvalue weighted by molar-refractivity contribution is 7.45. The number of aliphatic hydroxyl groups is 1. The number of carbonyl (C=O) groups excluding carboxylic acids is 1. The van der Waals surface area contributed by atoms with Crippen LogP contribution in [-0.2, 0) is 18.4 Å². The van der Waals surface area contributed by atoms with Gasteiger partial charge in [-0.2, -0.15) is 0 Å². The zero-order chi connectivity index (χ0) is 47.8. The van der Waals surface area contributed by atoms with Gasteiger partial charge in [0, 0.05) is 6.42 Å². The molecule has 3 atom stereocenters. The molecular weight excluding hydrogens is 828 g/mol. The first-order chi connectivity index (χ1) is 31.5. The molecule has 0 aromatic heterocycles. The lowest BCUT2D eigenvalue weighted by Crippen LogP contribution is -2.45. The molecule has 0 saturated carbocycles. The molecule has 0 aliphatic carbocycles. The van der Waals surface area contributed by atoms with Crippen molar-refractivity contribution in [3.8, 4) is 0 Å². The first kappa shape index (κ1) is 62.4. The molecule has 8 nitrogen and oxygen atoms in total. The number of rotatable bonds is 46. The number of unbranched alkanes of at least 4 members (excludes halogenated alkanes) is 19. The lowest BCUT2D eigenvalue weighted by Gasteiger charge is -2.29. The number of quaternary nitrogens is 1. The Morgan fingerprint density at radius 2 is 0.954 bits per heavy atom. The van der Waals surface area contributed by atoms with Gasteiger partial charge in [-0.3, -0.25) is 9.36 Å². The van der Waals surface area contributed by atoms with E-state index in [9.17, 15) is 19.4 Å². The Balaban J connectivity index is 4.38. The highest BCUT2D eigenvalue weighted by Crippen LogP contribution is 2.38. The Hall–Kier alpha value is -2.58. The van der Waals surface area contributed by atoms with Crippen molar-refractivity contribution in [3.63, 3.8) is 0 Å². The van der Waals surface area contributed by atoms with Crippen molar-refractivity contribution in [1.29, 1.82) is 0 Å². The Bertz CT molecular complexity index is 1370. The molecule has 9 heteroatoms. The summed E-state index contributed by atoms with van der Waals surface area (Å²) in [6.45, 7) is 4.48. The molecule has 3 unspecified atom stereocenters. The van der Waals surface area contributed by atoms with Crippen LogP contribution in [0.25, 0.3) is 0 Å². The number of nitrogens with zero attached hydrogens (tertiary/aromatic N) is 1. The molecule has 0 rings (SSSR count). The van der Waals surface area contributed by atoms with Gasteiger partial charge < -0.3 is 28.8 Å². The summed E-state index contributed by atoms with van der Waals surface area (Å²) in [6, 6.07) is -0.919. The first-order valence-corrected chi connectivity index (χ1v) is 27.6. The quantitative estimate of drug-likeness (QED) is 0.0272. The van der Waals surface area contributed by atoms with Crippen LogP contribution in [0.1, 0.15) is 200 Å². The molecule has 0 heterocycles. The van der Waals surface area contributed by atoms with Crippen LogP contribution in [0.5, 0.6) is 0 Å². The van der Waals surface area contributed by atoms with E-state index < -0.39 is 26.6 Å². The largest absolute Gasteiger partial charge is 0.756 e. The van der Waals surface area contributed by atoms with Gasteiger partial charge in [0.2, 0.25) is 5.91 Å². The zero-order valence-corrected chi connectivity index (χ0v) is 43.3. The van der Waals surface area contributed by atoms with Crippen molar-refractivity contribution in [3.05, 3.63) is 97.2 Å². The third-order valence-electron chi connectivity index (χ3n) is 11.0. The Labute approximate surface area is 400 Å². The summed E-state index contributed by atoms with van der Waals surface area (Å²) in [5.74, 6) is -0.222. The molecule has 0 saturated heterocycles. The van der Waals surface area contributed by atoms with Crippen LogP contribution in [0, 0.1) is 0 Å². The second kappa shape index (κ2) is 46.5. The number of amides is 1. The molecule has 0 bridgehead atoms. The molecule has 65 heavy (non-hydrogen) atoms. The van der Waals surface area contributed by atoms with Crippen LogP contribution in [-0.4, -0.2) is 68.5 Å². The molecule has 0 aromatic carbocycles. The van der Waals surface area contributed by atoms with E-state index in [1.807, 2.05) is 27.2 Å². The fourth-order valence-electron chi connectivity index (χ4n) is 6.92. The standard InChI is InChI=1S/C56H99N2O6P/c1-6-8-10-12-14-16-18-20-22-24-26-27-28-29-30-31-32-34-36-38-40-42-44-46-48-50-56(60)57-54(53-64-65(61,62)63-52-51-58(3,4)5)55(59)49-47-45-43-41-39-37-35-33-25-23-21-19-17-15-13-11-9-7-2/h8,10,14,16,20,22,25-27,29-30,33,39,41,47,49,54-55,59H,6-7,9,11-13,15,17-19,21,23-24,28,31-32,34-38,40,42-46,48,50-53H2,1-5H3,(H-,57,60,61,62)/b10-8-,16-14-,22-20-,27-26-,30-29-,33-25+,41-39+,49-47+. The molecular formula is C56H99N2O6P. The van der Waals surface area contributed by atoms with Crippen molar-refractivity contribution >= 4 is 13.7 Å². The topological polar surface area (TPSA) is 108 Å². The van der Waals surface area contributed by atoms with Crippen LogP contribution in [0.3, 0.4) is 0 Å².